The van der Waals surface area contributed by atoms with Crippen LogP contribution in [-0.2, 0) is 0 Å². The molecule has 0 saturated carbocycles. The average Bonchev–Trinajstić information content (AvgIpc) is 3.30. The van der Waals surface area contributed by atoms with Crippen LogP contribution < -0.4 is 15.0 Å². The van der Waals surface area contributed by atoms with Crippen LogP contribution in [0.5, 0.6) is 11.5 Å². The van der Waals surface area contributed by atoms with Gasteiger partial charge in [-0.1, -0.05) is 60.7 Å². The SMILES string of the molecule is COc1ccc(-c2cc(-c3ccccc3)nc(-n3[nH]c(-c4ccccc4)cc3=O)n2)cc1OC. The van der Waals surface area contributed by atoms with E-state index in [1.807, 2.05) is 84.9 Å². The molecule has 0 aliphatic rings. The van der Waals surface area contributed by atoms with Gasteiger partial charge in [-0.2, -0.15) is 4.68 Å². The molecule has 5 rings (SSSR count). The van der Waals surface area contributed by atoms with E-state index in [2.05, 4.69) is 5.10 Å². The van der Waals surface area contributed by atoms with Crippen molar-refractivity contribution < 1.29 is 9.47 Å². The Kier molecular flexibility index (Phi) is 5.66. The summed E-state index contributed by atoms with van der Waals surface area (Å²) in [5, 5.41) is 3.15. The van der Waals surface area contributed by atoms with E-state index in [9.17, 15) is 4.79 Å². The van der Waals surface area contributed by atoms with Crippen molar-refractivity contribution in [2.75, 3.05) is 14.2 Å². The fraction of sp³-hybridized carbons (Fsp3) is 0.0741. The van der Waals surface area contributed by atoms with Crippen molar-refractivity contribution in [2.24, 2.45) is 0 Å². The second-order valence-electron chi connectivity index (χ2n) is 7.58. The minimum absolute atomic E-state index is 0.248. The standard InChI is InChI=1S/C27H22N4O3/c1-33-24-14-13-20(15-25(24)34-2)22-16-21(18-9-5-3-6-10-18)28-27(29-22)31-26(32)17-23(30-31)19-11-7-4-8-12-19/h3-17,30H,1-2H3. The lowest BCUT2D eigenvalue weighted by molar-refractivity contribution is 0.355. The molecule has 168 valence electrons. The number of methoxy groups -OCH3 is 2. The zero-order chi connectivity index (χ0) is 23.5. The molecule has 0 saturated heterocycles. The number of aromatic amines is 1. The molecule has 2 heterocycles. The third-order valence-corrected chi connectivity index (χ3v) is 5.47. The summed E-state index contributed by atoms with van der Waals surface area (Å²) >= 11 is 0. The average molecular weight is 450 g/mol. The van der Waals surface area contributed by atoms with E-state index in [0.717, 1.165) is 16.7 Å². The van der Waals surface area contributed by atoms with Crippen molar-refractivity contribution in [3.63, 3.8) is 0 Å². The van der Waals surface area contributed by atoms with Crippen molar-refractivity contribution in [2.45, 2.75) is 0 Å². The molecule has 0 atom stereocenters. The van der Waals surface area contributed by atoms with Gasteiger partial charge >= 0.3 is 0 Å². The van der Waals surface area contributed by atoms with Crippen LogP contribution in [0, 0.1) is 0 Å². The monoisotopic (exact) mass is 450 g/mol. The molecule has 0 radical (unpaired) electrons. The molecule has 1 N–H and O–H groups in total. The molecule has 7 nitrogen and oxygen atoms in total. The van der Waals surface area contributed by atoms with Crippen LogP contribution in [0.25, 0.3) is 39.7 Å². The van der Waals surface area contributed by atoms with Gasteiger partial charge in [0.2, 0.25) is 0 Å². The highest BCUT2D eigenvalue weighted by atomic mass is 16.5. The Labute approximate surface area is 196 Å². The number of H-pyrrole nitrogens is 1. The van der Waals surface area contributed by atoms with Gasteiger partial charge in [-0.25, -0.2) is 9.97 Å². The lowest BCUT2D eigenvalue weighted by Crippen LogP contribution is -2.17. The summed E-state index contributed by atoms with van der Waals surface area (Å²) < 4.78 is 12.2. The van der Waals surface area contributed by atoms with Crippen LogP contribution in [0.4, 0.5) is 0 Å². The van der Waals surface area contributed by atoms with Crippen molar-refractivity contribution >= 4 is 0 Å². The lowest BCUT2D eigenvalue weighted by Gasteiger charge is -2.12. The molecule has 2 aromatic heterocycles. The van der Waals surface area contributed by atoms with Gasteiger partial charge in [-0.15, -0.1) is 0 Å². The Morgan fingerprint density at radius 1 is 0.676 bits per heavy atom. The number of nitrogens with one attached hydrogen (secondary N) is 1. The fourth-order valence-corrected chi connectivity index (χ4v) is 3.74. The highest BCUT2D eigenvalue weighted by Crippen LogP contribution is 2.33. The Bertz CT molecular complexity index is 1490. The van der Waals surface area contributed by atoms with Crippen molar-refractivity contribution in [3.05, 3.63) is 101 Å². The van der Waals surface area contributed by atoms with E-state index in [1.54, 1.807) is 20.3 Å². The lowest BCUT2D eigenvalue weighted by atomic mass is 10.1. The van der Waals surface area contributed by atoms with Gasteiger partial charge < -0.3 is 9.47 Å². The number of hydrogen-bond acceptors (Lipinski definition) is 5. The van der Waals surface area contributed by atoms with Crippen LogP contribution in [-0.4, -0.2) is 34.0 Å². The molecule has 5 aromatic rings. The van der Waals surface area contributed by atoms with Gasteiger partial charge in [-0.3, -0.25) is 9.89 Å². The molecule has 34 heavy (non-hydrogen) atoms. The van der Waals surface area contributed by atoms with Crippen molar-refractivity contribution in [1.82, 2.24) is 19.7 Å². The van der Waals surface area contributed by atoms with Crippen LogP contribution >= 0.6 is 0 Å². The summed E-state index contributed by atoms with van der Waals surface area (Å²) in [5.41, 5.74) is 4.40. The maximum atomic E-state index is 12.9. The Morgan fingerprint density at radius 2 is 1.29 bits per heavy atom. The first kappa shape index (κ1) is 21.2. The molecule has 0 amide bonds. The van der Waals surface area contributed by atoms with E-state index < -0.39 is 0 Å². The maximum Gasteiger partial charge on any atom is 0.274 e. The van der Waals surface area contributed by atoms with Crippen molar-refractivity contribution in [1.29, 1.82) is 0 Å². The molecule has 3 aromatic carbocycles. The van der Waals surface area contributed by atoms with E-state index in [4.69, 9.17) is 19.4 Å². The van der Waals surface area contributed by atoms with Crippen LogP contribution in [0.3, 0.4) is 0 Å². The summed E-state index contributed by atoms with van der Waals surface area (Å²) in [5.74, 6) is 1.46. The van der Waals surface area contributed by atoms with Gasteiger partial charge in [0.1, 0.15) is 0 Å². The molecule has 0 fully saturated rings. The predicted octanol–water partition coefficient (Wildman–Crippen LogP) is 4.97. The first-order valence-corrected chi connectivity index (χ1v) is 10.7. The Hall–Kier alpha value is -4.65. The van der Waals surface area contributed by atoms with Crippen molar-refractivity contribution in [3.8, 4) is 51.2 Å². The third kappa shape index (κ3) is 4.06. The largest absolute Gasteiger partial charge is 0.493 e. The molecule has 0 aliphatic heterocycles. The van der Waals surface area contributed by atoms with Gasteiger partial charge in [-0.05, 0) is 29.8 Å². The number of benzene rings is 3. The fourth-order valence-electron chi connectivity index (χ4n) is 3.74. The Balaban J connectivity index is 1.68. The topological polar surface area (TPSA) is 82.0 Å². The number of nitrogens with zero attached hydrogens (tertiary/aromatic N) is 3. The molecule has 0 bridgehead atoms. The van der Waals surface area contributed by atoms with Gasteiger partial charge in [0, 0.05) is 17.2 Å². The normalized spacial score (nSPS) is 10.8. The van der Waals surface area contributed by atoms with E-state index in [1.165, 1.54) is 4.68 Å². The molecule has 0 aliphatic carbocycles. The Morgan fingerprint density at radius 3 is 1.94 bits per heavy atom. The summed E-state index contributed by atoms with van der Waals surface area (Å²) in [4.78, 5) is 22.3. The highest BCUT2D eigenvalue weighted by Gasteiger charge is 2.15. The van der Waals surface area contributed by atoms with Gasteiger partial charge in [0.15, 0.2) is 11.5 Å². The minimum Gasteiger partial charge on any atom is -0.493 e. The summed E-state index contributed by atoms with van der Waals surface area (Å²) in [6.45, 7) is 0. The number of ether oxygens (including phenoxy) is 2. The number of hydrogen-bond donors (Lipinski definition) is 1. The van der Waals surface area contributed by atoms with Gasteiger partial charge in [0.25, 0.3) is 11.5 Å². The summed E-state index contributed by atoms with van der Waals surface area (Å²) in [7, 11) is 3.18. The first-order chi connectivity index (χ1) is 16.7. The van der Waals surface area contributed by atoms with E-state index in [0.29, 0.717) is 28.6 Å². The maximum absolute atomic E-state index is 12.9. The molecule has 0 spiro atoms. The summed E-state index contributed by atoms with van der Waals surface area (Å²) in [6.07, 6.45) is 0. The number of rotatable bonds is 6. The first-order valence-electron chi connectivity index (χ1n) is 10.7. The smallest absolute Gasteiger partial charge is 0.274 e. The number of aromatic nitrogens is 4. The molecule has 0 unspecified atom stereocenters. The van der Waals surface area contributed by atoms with E-state index in [-0.39, 0.29) is 11.5 Å². The highest BCUT2D eigenvalue weighted by molar-refractivity contribution is 5.70. The van der Waals surface area contributed by atoms with E-state index >= 15 is 0 Å². The minimum atomic E-state index is -0.248. The quantitative estimate of drug-likeness (QED) is 0.395. The third-order valence-electron chi connectivity index (χ3n) is 5.47. The van der Waals surface area contributed by atoms with Crippen LogP contribution in [0.15, 0.2) is 95.8 Å². The molecule has 7 heteroatoms. The predicted molar refractivity (Wildman–Crippen MR) is 131 cm³/mol. The molecular weight excluding hydrogens is 428 g/mol. The summed E-state index contributed by atoms with van der Waals surface area (Å²) in [6, 6.07) is 28.4. The van der Waals surface area contributed by atoms with Crippen LogP contribution in [0.1, 0.15) is 0 Å². The zero-order valence-electron chi connectivity index (χ0n) is 18.7. The van der Waals surface area contributed by atoms with Crippen LogP contribution in [0.2, 0.25) is 0 Å². The van der Waals surface area contributed by atoms with Gasteiger partial charge in [0.05, 0.1) is 31.3 Å². The second kappa shape index (κ2) is 9.07. The second-order valence-corrected chi connectivity index (χ2v) is 7.58. The zero-order valence-corrected chi connectivity index (χ0v) is 18.7. The molecular formula is C27H22N4O3.